The molecule has 3 rings (SSSR count). The van der Waals surface area contributed by atoms with Crippen LogP contribution in [0.15, 0.2) is 34.9 Å². The van der Waals surface area contributed by atoms with E-state index in [-0.39, 0.29) is 5.91 Å². The summed E-state index contributed by atoms with van der Waals surface area (Å²) in [7, 11) is 1.61. The molecule has 0 bridgehead atoms. The van der Waals surface area contributed by atoms with Gasteiger partial charge in [0.2, 0.25) is 0 Å². The van der Waals surface area contributed by atoms with Gasteiger partial charge in [0.25, 0.3) is 5.91 Å². The summed E-state index contributed by atoms with van der Waals surface area (Å²) < 4.78 is 10.4. The monoisotopic (exact) mass is 258 g/mol. The van der Waals surface area contributed by atoms with Gasteiger partial charge in [0.1, 0.15) is 5.75 Å². The summed E-state index contributed by atoms with van der Waals surface area (Å²) in [5, 5.41) is 6.67. The SMILES string of the molecule is COc1cccc(-c2cc(C(=O)NC3CC3)no2)c1. The zero-order valence-electron chi connectivity index (χ0n) is 10.6. The first-order chi connectivity index (χ1) is 9.26. The van der Waals surface area contributed by atoms with Gasteiger partial charge in [0.15, 0.2) is 11.5 Å². The zero-order valence-corrected chi connectivity index (χ0v) is 10.6. The maximum atomic E-state index is 11.8. The van der Waals surface area contributed by atoms with Crippen LogP contribution in [0.3, 0.4) is 0 Å². The molecule has 19 heavy (non-hydrogen) atoms. The Morgan fingerprint density at radius 3 is 3.00 bits per heavy atom. The smallest absolute Gasteiger partial charge is 0.273 e. The zero-order chi connectivity index (χ0) is 13.2. The third kappa shape index (κ3) is 2.59. The topological polar surface area (TPSA) is 64.4 Å². The normalized spacial score (nSPS) is 14.2. The van der Waals surface area contributed by atoms with Gasteiger partial charge < -0.3 is 14.6 Å². The van der Waals surface area contributed by atoms with E-state index in [1.54, 1.807) is 13.2 Å². The molecule has 0 radical (unpaired) electrons. The lowest BCUT2D eigenvalue weighted by Crippen LogP contribution is -2.25. The third-order valence-corrected chi connectivity index (χ3v) is 3.01. The van der Waals surface area contributed by atoms with E-state index in [4.69, 9.17) is 9.26 Å². The molecule has 1 amide bonds. The van der Waals surface area contributed by atoms with E-state index in [0.29, 0.717) is 17.5 Å². The average Bonchev–Trinajstić information content (AvgIpc) is 3.11. The number of aromatic nitrogens is 1. The molecular formula is C14H14N2O3. The molecule has 1 saturated carbocycles. The summed E-state index contributed by atoms with van der Waals surface area (Å²) in [6.07, 6.45) is 2.10. The van der Waals surface area contributed by atoms with E-state index in [1.165, 1.54) is 0 Å². The molecule has 1 fully saturated rings. The molecule has 1 N–H and O–H groups in total. The van der Waals surface area contributed by atoms with Gasteiger partial charge in [0, 0.05) is 17.7 Å². The lowest BCUT2D eigenvalue weighted by molar-refractivity contribution is 0.0942. The minimum atomic E-state index is -0.180. The van der Waals surface area contributed by atoms with Crippen LogP contribution in [0.4, 0.5) is 0 Å². The van der Waals surface area contributed by atoms with Crippen molar-refractivity contribution in [2.75, 3.05) is 7.11 Å². The Balaban J connectivity index is 1.81. The highest BCUT2D eigenvalue weighted by molar-refractivity contribution is 5.93. The van der Waals surface area contributed by atoms with Crippen molar-refractivity contribution in [1.82, 2.24) is 10.5 Å². The number of hydrogen-bond donors (Lipinski definition) is 1. The molecule has 0 saturated heterocycles. The summed E-state index contributed by atoms with van der Waals surface area (Å²) in [6, 6.07) is 9.38. The third-order valence-electron chi connectivity index (χ3n) is 3.01. The Bertz CT molecular complexity index is 602. The maximum absolute atomic E-state index is 11.8. The summed E-state index contributed by atoms with van der Waals surface area (Å²) in [5.41, 5.74) is 1.14. The second-order valence-electron chi connectivity index (χ2n) is 4.56. The van der Waals surface area contributed by atoms with Crippen LogP contribution < -0.4 is 10.1 Å². The lowest BCUT2D eigenvalue weighted by Gasteiger charge is -2.00. The number of benzene rings is 1. The minimum absolute atomic E-state index is 0.180. The van der Waals surface area contributed by atoms with E-state index >= 15 is 0 Å². The summed E-state index contributed by atoms with van der Waals surface area (Å²) >= 11 is 0. The number of methoxy groups -OCH3 is 1. The van der Waals surface area contributed by atoms with Crippen molar-refractivity contribution in [3.8, 4) is 17.1 Å². The quantitative estimate of drug-likeness (QED) is 0.913. The summed E-state index contributed by atoms with van der Waals surface area (Å²) in [4.78, 5) is 11.8. The van der Waals surface area contributed by atoms with Crippen LogP contribution in [0.5, 0.6) is 5.75 Å². The number of ether oxygens (including phenoxy) is 1. The average molecular weight is 258 g/mol. The molecule has 1 aromatic heterocycles. The van der Waals surface area contributed by atoms with Crippen LogP contribution in [0, 0.1) is 0 Å². The molecule has 1 heterocycles. The Morgan fingerprint density at radius 2 is 2.26 bits per heavy atom. The van der Waals surface area contributed by atoms with Crippen molar-refractivity contribution in [1.29, 1.82) is 0 Å². The number of carbonyl (C=O) groups is 1. The van der Waals surface area contributed by atoms with Crippen LogP contribution in [-0.4, -0.2) is 24.2 Å². The van der Waals surface area contributed by atoms with Crippen LogP contribution in [0.2, 0.25) is 0 Å². The molecule has 0 aliphatic heterocycles. The fourth-order valence-electron chi connectivity index (χ4n) is 1.78. The van der Waals surface area contributed by atoms with Gasteiger partial charge in [-0.1, -0.05) is 17.3 Å². The van der Waals surface area contributed by atoms with Gasteiger partial charge in [-0.05, 0) is 25.0 Å². The van der Waals surface area contributed by atoms with Crippen molar-refractivity contribution in [3.05, 3.63) is 36.0 Å². The fourth-order valence-corrected chi connectivity index (χ4v) is 1.78. The molecule has 1 aliphatic carbocycles. The van der Waals surface area contributed by atoms with Crippen molar-refractivity contribution in [2.45, 2.75) is 18.9 Å². The van der Waals surface area contributed by atoms with Crippen LogP contribution in [0.25, 0.3) is 11.3 Å². The molecular weight excluding hydrogens is 244 g/mol. The van der Waals surface area contributed by atoms with Gasteiger partial charge in [-0.25, -0.2) is 0 Å². The molecule has 98 valence electrons. The number of amides is 1. The summed E-state index contributed by atoms with van der Waals surface area (Å²) in [6.45, 7) is 0. The van der Waals surface area contributed by atoms with Gasteiger partial charge >= 0.3 is 0 Å². The van der Waals surface area contributed by atoms with E-state index in [9.17, 15) is 4.79 Å². The Morgan fingerprint density at radius 1 is 1.42 bits per heavy atom. The molecule has 2 aromatic rings. The second-order valence-corrected chi connectivity index (χ2v) is 4.56. The minimum Gasteiger partial charge on any atom is -0.497 e. The predicted molar refractivity (Wildman–Crippen MR) is 69.0 cm³/mol. The highest BCUT2D eigenvalue weighted by atomic mass is 16.5. The molecule has 5 nitrogen and oxygen atoms in total. The van der Waals surface area contributed by atoms with Crippen molar-refractivity contribution >= 4 is 5.91 Å². The molecule has 5 heteroatoms. The molecule has 0 atom stereocenters. The van der Waals surface area contributed by atoms with E-state index in [2.05, 4.69) is 10.5 Å². The molecule has 0 unspecified atom stereocenters. The first-order valence-corrected chi connectivity index (χ1v) is 6.18. The standard InChI is InChI=1S/C14H14N2O3/c1-18-11-4-2-3-9(7-11)13-8-12(16-19-13)14(17)15-10-5-6-10/h2-4,7-8,10H,5-6H2,1H3,(H,15,17). The van der Waals surface area contributed by atoms with E-state index < -0.39 is 0 Å². The predicted octanol–water partition coefficient (Wildman–Crippen LogP) is 2.24. The Kier molecular flexibility index (Phi) is 2.95. The number of carbonyl (C=O) groups excluding carboxylic acids is 1. The molecule has 0 spiro atoms. The summed E-state index contributed by atoms with van der Waals surface area (Å²) in [5.74, 6) is 1.11. The van der Waals surface area contributed by atoms with Crippen molar-refractivity contribution in [3.63, 3.8) is 0 Å². The van der Waals surface area contributed by atoms with Gasteiger partial charge in [-0.3, -0.25) is 4.79 Å². The van der Waals surface area contributed by atoms with Gasteiger partial charge in [-0.2, -0.15) is 0 Å². The number of rotatable bonds is 4. The molecule has 1 aliphatic rings. The van der Waals surface area contributed by atoms with E-state index in [0.717, 1.165) is 24.2 Å². The van der Waals surface area contributed by atoms with Crippen LogP contribution in [-0.2, 0) is 0 Å². The highest BCUT2D eigenvalue weighted by Crippen LogP contribution is 2.25. The van der Waals surface area contributed by atoms with Crippen LogP contribution >= 0.6 is 0 Å². The maximum Gasteiger partial charge on any atom is 0.273 e. The van der Waals surface area contributed by atoms with Crippen LogP contribution in [0.1, 0.15) is 23.3 Å². The van der Waals surface area contributed by atoms with Gasteiger partial charge in [0.05, 0.1) is 7.11 Å². The molecule has 1 aromatic carbocycles. The first kappa shape index (κ1) is 11.8. The number of hydrogen-bond acceptors (Lipinski definition) is 4. The Hall–Kier alpha value is -2.30. The Labute approximate surface area is 110 Å². The highest BCUT2D eigenvalue weighted by Gasteiger charge is 2.25. The largest absolute Gasteiger partial charge is 0.497 e. The van der Waals surface area contributed by atoms with E-state index in [1.807, 2.05) is 24.3 Å². The van der Waals surface area contributed by atoms with Gasteiger partial charge in [-0.15, -0.1) is 0 Å². The lowest BCUT2D eigenvalue weighted by atomic mass is 10.1. The first-order valence-electron chi connectivity index (χ1n) is 6.18. The number of nitrogens with one attached hydrogen (secondary N) is 1. The fraction of sp³-hybridized carbons (Fsp3) is 0.286. The number of nitrogens with zero attached hydrogens (tertiary/aromatic N) is 1. The van der Waals surface area contributed by atoms with Crippen molar-refractivity contribution < 1.29 is 14.1 Å². The van der Waals surface area contributed by atoms with Crippen molar-refractivity contribution in [2.24, 2.45) is 0 Å². The second kappa shape index (κ2) is 4.76.